The van der Waals surface area contributed by atoms with Gasteiger partial charge in [-0.15, -0.1) is 0 Å². The number of benzene rings is 1. The summed E-state index contributed by atoms with van der Waals surface area (Å²) in [5, 5.41) is 0.240. The van der Waals surface area contributed by atoms with Gasteiger partial charge in [0.25, 0.3) is 0 Å². The molecule has 1 aromatic rings. The summed E-state index contributed by atoms with van der Waals surface area (Å²) in [6.07, 6.45) is 2.34. The van der Waals surface area contributed by atoms with Crippen molar-refractivity contribution in [2.75, 3.05) is 20.1 Å². The highest BCUT2D eigenvalue weighted by atomic mass is 35.5. The Morgan fingerprint density at radius 2 is 2.13 bits per heavy atom. The SMILES string of the molecule is CCCC[C@@H]1C(=O)N(C)CCN1C(=O)Cc1c(F)cccc1Cl. The molecule has 1 saturated heterocycles. The smallest absolute Gasteiger partial charge is 0.245 e. The van der Waals surface area contributed by atoms with Gasteiger partial charge in [-0.2, -0.15) is 0 Å². The average molecular weight is 341 g/mol. The highest BCUT2D eigenvalue weighted by Crippen LogP contribution is 2.22. The second-order valence-corrected chi connectivity index (χ2v) is 6.29. The molecule has 0 aliphatic carbocycles. The number of carbonyl (C=O) groups excluding carboxylic acids is 2. The zero-order chi connectivity index (χ0) is 17.0. The van der Waals surface area contributed by atoms with Crippen molar-refractivity contribution in [2.45, 2.75) is 38.6 Å². The number of unbranched alkanes of at least 4 members (excludes halogenated alkanes) is 1. The maximum Gasteiger partial charge on any atom is 0.245 e. The highest BCUT2D eigenvalue weighted by Gasteiger charge is 2.35. The molecule has 23 heavy (non-hydrogen) atoms. The van der Waals surface area contributed by atoms with Crippen molar-refractivity contribution in [1.29, 1.82) is 0 Å². The predicted octanol–water partition coefficient (Wildman–Crippen LogP) is 2.88. The second-order valence-electron chi connectivity index (χ2n) is 5.88. The number of piperazine rings is 1. The Bertz CT molecular complexity index is 574. The van der Waals surface area contributed by atoms with Crippen LogP contribution in [0.5, 0.6) is 0 Å². The lowest BCUT2D eigenvalue weighted by Crippen LogP contribution is -2.57. The van der Waals surface area contributed by atoms with E-state index in [4.69, 9.17) is 11.6 Å². The van der Waals surface area contributed by atoms with Crippen LogP contribution in [-0.2, 0) is 16.0 Å². The molecule has 4 nitrogen and oxygen atoms in total. The van der Waals surface area contributed by atoms with Crippen LogP contribution in [0, 0.1) is 5.82 Å². The van der Waals surface area contributed by atoms with Gasteiger partial charge in [-0.05, 0) is 18.6 Å². The van der Waals surface area contributed by atoms with Crippen LogP contribution >= 0.6 is 11.6 Å². The van der Waals surface area contributed by atoms with Gasteiger partial charge in [-0.25, -0.2) is 4.39 Å². The van der Waals surface area contributed by atoms with Gasteiger partial charge in [0.1, 0.15) is 11.9 Å². The van der Waals surface area contributed by atoms with E-state index in [9.17, 15) is 14.0 Å². The zero-order valence-electron chi connectivity index (χ0n) is 13.5. The van der Waals surface area contributed by atoms with Gasteiger partial charge in [0.05, 0.1) is 6.42 Å². The number of carbonyl (C=O) groups is 2. The van der Waals surface area contributed by atoms with Crippen molar-refractivity contribution >= 4 is 23.4 Å². The molecule has 2 amide bonds. The van der Waals surface area contributed by atoms with Gasteiger partial charge in [-0.3, -0.25) is 9.59 Å². The van der Waals surface area contributed by atoms with Crippen molar-refractivity contribution < 1.29 is 14.0 Å². The first-order valence-corrected chi connectivity index (χ1v) is 8.30. The molecular weight excluding hydrogens is 319 g/mol. The first-order valence-electron chi connectivity index (χ1n) is 7.93. The summed E-state index contributed by atoms with van der Waals surface area (Å²) in [5.74, 6) is -0.784. The molecule has 0 unspecified atom stereocenters. The molecule has 0 N–H and O–H groups in total. The Kier molecular flexibility index (Phi) is 5.99. The number of likely N-dealkylation sites (N-methyl/N-ethyl adjacent to an activating group) is 1. The molecule has 0 bridgehead atoms. The van der Waals surface area contributed by atoms with Gasteiger partial charge in [0, 0.05) is 30.7 Å². The number of nitrogens with zero attached hydrogens (tertiary/aromatic N) is 2. The van der Waals surface area contributed by atoms with E-state index in [1.54, 1.807) is 22.9 Å². The molecule has 1 aromatic carbocycles. The molecule has 0 radical (unpaired) electrons. The van der Waals surface area contributed by atoms with Crippen LogP contribution in [0.15, 0.2) is 18.2 Å². The first kappa shape index (κ1) is 17.7. The lowest BCUT2D eigenvalue weighted by atomic mass is 10.0. The fourth-order valence-corrected chi connectivity index (χ4v) is 3.07. The number of halogens is 2. The minimum atomic E-state index is -0.489. The minimum absolute atomic E-state index is 0.0438. The molecule has 6 heteroatoms. The molecule has 1 fully saturated rings. The quantitative estimate of drug-likeness (QED) is 0.827. The molecule has 0 saturated carbocycles. The van der Waals surface area contributed by atoms with E-state index in [0.717, 1.165) is 12.8 Å². The highest BCUT2D eigenvalue weighted by molar-refractivity contribution is 6.31. The van der Waals surface area contributed by atoms with Gasteiger partial charge in [-0.1, -0.05) is 37.4 Å². The number of hydrogen-bond acceptors (Lipinski definition) is 2. The number of amides is 2. The molecule has 1 aliphatic heterocycles. The van der Waals surface area contributed by atoms with Crippen LogP contribution in [0.2, 0.25) is 5.02 Å². The Balaban J connectivity index is 2.17. The van der Waals surface area contributed by atoms with Crippen molar-refractivity contribution in [3.05, 3.63) is 34.6 Å². The Hall–Kier alpha value is -1.62. The summed E-state index contributed by atoms with van der Waals surface area (Å²) in [6.45, 7) is 3.02. The van der Waals surface area contributed by atoms with Crippen LogP contribution in [0.1, 0.15) is 31.7 Å². The maximum atomic E-state index is 13.9. The summed E-state index contributed by atoms with van der Waals surface area (Å²) < 4.78 is 13.9. The van der Waals surface area contributed by atoms with Crippen LogP contribution in [-0.4, -0.2) is 47.8 Å². The van der Waals surface area contributed by atoms with Crippen LogP contribution in [0.25, 0.3) is 0 Å². The molecule has 0 spiro atoms. The second kappa shape index (κ2) is 7.77. The molecular formula is C17H22ClFN2O2. The summed E-state index contributed by atoms with van der Waals surface area (Å²) >= 11 is 6.00. The fourth-order valence-electron chi connectivity index (χ4n) is 2.84. The van der Waals surface area contributed by atoms with E-state index in [1.165, 1.54) is 12.1 Å². The number of hydrogen-bond donors (Lipinski definition) is 0. The third-order valence-electron chi connectivity index (χ3n) is 4.25. The maximum absolute atomic E-state index is 13.9. The summed E-state index contributed by atoms with van der Waals surface area (Å²) in [7, 11) is 1.75. The molecule has 2 rings (SSSR count). The number of rotatable bonds is 5. The van der Waals surface area contributed by atoms with Gasteiger partial charge in [0.2, 0.25) is 11.8 Å². The summed E-state index contributed by atoms with van der Waals surface area (Å²) in [5.41, 5.74) is 0.194. The fraction of sp³-hybridized carbons (Fsp3) is 0.529. The van der Waals surface area contributed by atoms with E-state index in [1.807, 2.05) is 6.92 Å². The topological polar surface area (TPSA) is 40.6 Å². The lowest BCUT2D eigenvalue weighted by molar-refractivity contribution is -0.150. The monoisotopic (exact) mass is 340 g/mol. The van der Waals surface area contributed by atoms with Crippen LogP contribution < -0.4 is 0 Å². The van der Waals surface area contributed by atoms with Crippen LogP contribution in [0.4, 0.5) is 4.39 Å². The third kappa shape index (κ3) is 4.02. The molecule has 0 aromatic heterocycles. The normalized spacial score (nSPS) is 18.4. The van der Waals surface area contributed by atoms with E-state index in [-0.39, 0.29) is 28.8 Å². The summed E-state index contributed by atoms with van der Waals surface area (Å²) in [4.78, 5) is 28.2. The van der Waals surface area contributed by atoms with Crippen LogP contribution in [0.3, 0.4) is 0 Å². The summed E-state index contributed by atoms with van der Waals surface area (Å²) in [6, 6.07) is 3.91. The van der Waals surface area contributed by atoms with Gasteiger partial charge in [0.15, 0.2) is 0 Å². The van der Waals surface area contributed by atoms with E-state index in [0.29, 0.717) is 19.5 Å². The van der Waals surface area contributed by atoms with Gasteiger partial charge >= 0.3 is 0 Å². The van der Waals surface area contributed by atoms with Crippen molar-refractivity contribution in [2.24, 2.45) is 0 Å². The first-order chi connectivity index (χ1) is 11.0. The molecule has 126 valence electrons. The third-order valence-corrected chi connectivity index (χ3v) is 4.61. The largest absolute Gasteiger partial charge is 0.342 e. The average Bonchev–Trinajstić information content (AvgIpc) is 2.52. The van der Waals surface area contributed by atoms with E-state index < -0.39 is 11.9 Å². The predicted molar refractivity (Wildman–Crippen MR) is 87.8 cm³/mol. The Morgan fingerprint density at radius 1 is 1.39 bits per heavy atom. The van der Waals surface area contributed by atoms with Crippen molar-refractivity contribution in [3.63, 3.8) is 0 Å². The van der Waals surface area contributed by atoms with Gasteiger partial charge < -0.3 is 9.80 Å². The molecule has 1 aliphatic rings. The Morgan fingerprint density at radius 3 is 2.78 bits per heavy atom. The minimum Gasteiger partial charge on any atom is -0.342 e. The van der Waals surface area contributed by atoms with E-state index in [2.05, 4.69) is 0 Å². The van der Waals surface area contributed by atoms with Crippen molar-refractivity contribution in [3.8, 4) is 0 Å². The Labute approximate surface area is 141 Å². The molecule has 1 atom stereocenters. The van der Waals surface area contributed by atoms with Crippen molar-refractivity contribution in [1.82, 2.24) is 9.80 Å². The van der Waals surface area contributed by atoms with E-state index >= 15 is 0 Å². The standard InChI is InChI=1S/C17H22ClFN2O2/c1-3-4-8-15-17(23)20(2)9-10-21(15)16(22)11-12-13(18)6-5-7-14(12)19/h5-7,15H,3-4,8-11H2,1-2H3/t15-/m1/s1. The lowest BCUT2D eigenvalue weighted by Gasteiger charge is -2.39. The molecule has 1 heterocycles. The zero-order valence-corrected chi connectivity index (χ0v) is 14.3.